The van der Waals surface area contributed by atoms with Gasteiger partial charge in [0.2, 0.25) is 5.91 Å². The van der Waals surface area contributed by atoms with Crippen LogP contribution in [-0.4, -0.2) is 53.0 Å². The lowest BCUT2D eigenvalue weighted by atomic mass is 10.1. The number of hydrogen-bond donors (Lipinski definition) is 1. The fraction of sp³-hybridized carbons (Fsp3) is 0.565. The standard InChI is InChI=1S/C23H33N3O2S/c1-16-9-10-24-23-20(16)12-19(28-4)13-21(23)25-22(27)8-6-5-7-11-26-14-17(2)29-18(3)15-26/h9-10,12-13,17-18H,5-8,11,14-15H2,1-4H3,(H,25,27)/t17-,18-/m1/s1. The minimum Gasteiger partial charge on any atom is -0.497 e. The molecule has 2 atom stereocenters. The van der Waals surface area contributed by atoms with Gasteiger partial charge in [0.05, 0.1) is 18.3 Å². The molecule has 0 aliphatic carbocycles. The van der Waals surface area contributed by atoms with Crippen LogP contribution in [0.5, 0.6) is 5.75 Å². The van der Waals surface area contributed by atoms with E-state index in [1.807, 2.05) is 25.1 Å². The number of unbranched alkanes of at least 4 members (excludes halogenated alkanes) is 2. The Labute approximate surface area is 178 Å². The molecule has 1 aliphatic rings. The highest BCUT2D eigenvalue weighted by molar-refractivity contribution is 8.00. The number of ether oxygens (including phenoxy) is 1. The Morgan fingerprint density at radius 2 is 2.00 bits per heavy atom. The Balaban J connectivity index is 1.48. The van der Waals surface area contributed by atoms with Crippen molar-refractivity contribution >= 4 is 34.3 Å². The predicted molar refractivity (Wildman–Crippen MR) is 123 cm³/mol. The number of nitrogens with one attached hydrogen (secondary N) is 1. The van der Waals surface area contributed by atoms with Gasteiger partial charge in [0.15, 0.2) is 0 Å². The number of anilines is 1. The molecule has 158 valence electrons. The number of amides is 1. The molecule has 2 aromatic rings. The number of aromatic nitrogens is 1. The van der Waals surface area contributed by atoms with Crippen LogP contribution in [-0.2, 0) is 4.79 Å². The zero-order chi connectivity index (χ0) is 20.8. The van der Waals surface area contributed by atoms with Crippen LogP contribution in [0.15, 0.2) is 24.4 Å². The van der Waals surface area contributed by atoms with E-state index >= 15 is 0 Å². The molecule has 1 saturated heterocycles. The highest BCUT2D eigenvalue weighted by Gasteiger charge is 2.21. The maximum absolute atomic E-state index is 12.5. The summed E-state index contributed by atoms with van der Waals surface area (Å²) in [5.41, 5.74) is 2.65. The summed E-state index contributed by atoms with van der Waals surface area (Å²) in [6.45, 7) is 10.2. The van der Waals surface area contributed by atoms with Crippen molar-refractivity contribution < 1.29 is 9.53 Å². The molecular weight excluding hydrogens is 382 g/mol. The van der Waals surface area contributed by atoms with Gasteiger partial charge in [0.25, 0.3) is 0 Å². The van der Waals surface area contributed by atoms with E-state index in [9.17, 15) is 4.79 Å². The molecule has 0 spiro atoms. The lowest BCUT2D eigenvalue weighted by Crippen LogP contribution is -2.40. The molecule has 1 N–H and O–H groups in total. The topological polar surface area (TPSA) is 54.5 Å². The molecule has 5 nitrogen and oxygen atoms in total. The third-order valence-corrected chi connectivity index (χ3v) is 6.65. The van der Waals surface area contributed by atoms with Gasteiger partial charge < -0.3 is 15.0 Å². The van der Waals surface area contributed by atoms with Crippen molar-refractivity contribution in [1.82, 2.24) is 9.88 Å². The van der Waals surface area contributed by atoms with E-state index in [-0.39, 0.29) is 5.91 Å². The summed E-state index contributed by atoms with van der Waals surface area (Å²) in [6, 6.07) is 5.79. The van der Waals surface area contributed by atoms with E-state index in [2.05, 4.69) is 40.8 Å². The predicted octanol–water partition coefficient (Wildman–Crippen LogP) is 4.88. The number of thioether (sulfide) groups is 1. The SMILES string of the molecule is COc1cc(NC(=O)CCCCCN2C[C@@H](C)S[C@H](C)C2)c2nccc(C)c2c1. The second-order valence-electron chi connectivity index (χ2n) is 8.07. The van der Waals surface area contributed by atoms with Gasteiger partial charge in [0, 0.05) is 47.7 Å². The second-order valence-corrected chi connectivity index (χ2v) is 9.96. The summed E-state index contributed by atoms with van der Waals surface area (Å²) in [7, 11) is 1.64. The lowest BCUT2D eigenvalue weighted by molar-refractivity contribution is -0.116. The van der Waals surface area contributed by atoms with E-state index < -0.39 is 0 Å². The van der Waals surface area contributed by atoms with Crippen LogP contribution in [0.3, 0.4) is 0 Å². The Bertz CT molecular complexity index is 832. The Morgan fingerprint density at radius 1 is 1.24 bits per heavy atom. The number of nitrogens with zero attached hydrogens (tertiary/aromatic N) is 2. The van der Waals surface area contributed by atoms with Gasteiger partial charge in [-0.3, -0.25) is 9.78 Å². The number of aryl methyl sites for hydroxylation is 1. The van der Waals surface area contributed by atoms with Crippen molar-refractivity contribution in [3.05, 3.63) is 30.0 Å². The zero-order valence-electron chi connectivity index (χ0n) is 18.0. The summed E-state index contributed by atoms with van der Waals surface area (Å²) in [5.74, 6) is 0.770. The molecule has 0 saturated carbocycles. The van der Waals surface area contributed by atoms with Crippen molar-refractivity contribution in [2.45, 2.75) is 57.0 Å². The van der Waals surface area contributed by atoms with Gasteiger partial charge >= 0.3 is 0 Å². The number of benzene rings is 1. The molecule has 1 amide bonds. The number of carbonyl (C=O) groups excluding carboxylic acids is 1. The van der Waals surface area contributed by atoms with Crippen molar-refractivity contribution in [1.29, 1.82) is 0 Å². The van der Waals surface area contributed by atoms with Gasteiger partial charge in [-0.25, -0.2) is 0 Å². The van der Waals surface area contributed by atoms with Crippen LogP contribution in [0.25, 0.3) is 10.9 Å². The Kier molecular flexibility index (Phi) is 7.78. The van der Waals surface area contributed by atoms with Crippen molar-refractivity contribution in [3.8, 4) is 5.75 Å². The molecule has 2 heterocycles. The molecule has 29 heavy (non-hydrogen) atoms. The molecule has 0 bridgehead atoms. The highest BCUT2D eigenvalue weighted by atomic mass is 32.2. The average molecular weight is 416 g/mol. The van der Waals surface area contributed by atoms with Crippen LogP contribution in [0.1, 0.15) is 45.1 Å². The fourth-order valence-corrected chi connectivity index (χ4v) is 5.44. The molecule has 3 rings (SSSR count). The molecule has 0 unspecified atom stereocenters. The maximum Gasteiger partial charge on any atom is 0.224 e. The Morgan fingerprint density at radius 3 is 2.72 bits per heavy atom. The summed E-state index contributed by atoms with van der Waals surface area (Å²) in [4.78, 5) is 19.5. The number of carbonyl (C=O) groups is 1. The van der Waals surface area contributed by atoms with E-state index in [0.717, 1.165) is 64.2 Å². The first-order chi connectivity index (χ1) is 14.0. The first-order valence-corrected chi connectivity index (χ1v) is 11.5. The number of methoxy groups -OCH3 is 1. The van der Waals surface area contributed by atoms with E-state index in [0.29, 0.717) is 6.42 Å². The van der Waals surface area contributed by atoms with E-state index in [4.69, 9.17) is 4.74 Å². The highest BCUT2D eigenvalue weighted by Crippen LogP contribution is 2.30. The molecular formula is C23H33N3O2S. The van der Waals surface area contributed by atoms with Crippen LogP contribution in [0.2, 0.25) is 0 Å². The van der Waals surface area contributed by atoms with Crippen molar-refractivity contribution in [2.75, 3.05) is 32.1 Å². The number of pyridine rings is 1. The normalized spacial score (nSPS) is 20.0. The molecule has 6 heteroatoms. The van der Waals surface area contributed by atoms with Gasteiger partial charge in [-0.2, -0.15) is 11.8 Å². The second kappa shape index (κ2) is 10.3. The molecule has 1 fully saturated rings. The van der Waals surface area contributed by atoms with Gasteiger partial charge in [-0.1, -0.05) is 20.3 Å². The molecule has 1 aromatic heterocycles. The number of hydrogen-bond acceptors (Lipinski definition) is 5. The fourth-order valence-electron chi connectivity index (χ4n) is 4.05. The van der Waals surface area contributed by atoms with Crippen LogP contribution in [0, 0.1) is 6.92 Å². The molecule has 1 aliphatic heterocycles. The summed E-state index contributed by atoms with van der Waals surface area (Å²) in [5, 5.41) is 5.49. The largest absolute Gasteiger partial charge is 0.497 e. The first kappa shape index (κ1) is 21.9. The number of fused-ring (bicyclic) bond motifs is 1. The number of rotatable bonds is 8. The van der Waals surface area contributed by atoms with Crippen LogP contribution < -0.4 is 10.1 Å². The molecule has 0 radical (unpaired) electrons. The lowest BCUT2D eigenvalue weighted by Gasteiger charge is -2.34. The third kappa shape index (κ3) is 6.09. The van der Waals surface area contributed by atoms with Crippen molar-refractivity contribution in [3.63, 3.8) is 0 Å². The van der Waals surface area contributed by atoms with Gasteiger partial charge in [-0.15, -0.1) is 0 Å². The first-order valence-electron chi connectivity index (χ1n) is 10.6. The van der Waals surface area contributed by atoms with E-state index in [1.165, 1.54) is 13.1 Å². The zero-order valence-corrected chi connectivity index (χ0v) is 18.8. The summed E-state index contributed by atoms with van der Waals surface area (Å²) < 4.78 is 5.40. The summed E-state index contributed by atoms with van der Waals surface area (Å²) >= 11 is 2.09. The molecule has 1 aromatic carbocycles. The quantitative estimate of drug-likeness (QED) is 0.623. The summed E-state index contributed by atoms with van der Waals surface area (Å²) in [6.07, 6.45) is 5.46. The monoisotopic (exact) mass is 415 g/mol. The minimum absolute atomic E-state index is 0.0412. The third-order valence-electron chi connectivity index (χ3n) is 5.42. The maximum atomic E-state index is 12.5. The van der Waals surface area contributed by atoms with Crippen LogP contribution in [0.4, 0.5) is 5.69 Å². The minimum atomic E-state index is 0.0412. The van der Waals surface area contributed by atoms with E-state index in [1.54, 1.807) is 13.3 Å². The van der Waals surface area contributed by atoms with Crippen LogP contribution >= 0.6 is 11.8 Å². The van der Waals surface area contributed by atoms with Crippen molar-refractivity contribution in [2.24, 2.45) is 0 Å². The van der Waals surface area contributed by atoms with Gasteiger partial charge in [0.1, 0.15) is 5.75 Å². The Hall–Kier alpha value is -1.79. The average Bonchev–Trinajstić information content (AvgIpc) is 2.67. The van der Waals surface area contributed by atoms with Gasteiger partial charge in [-0.05, 0) is 44.0 Å². The smallest absolute Gasteiger partial charge is 0.224 e.